The quantitative estimate of drug-likeness (QED) is 0.160. The summed E-state index contributed by atoms with van der Waals surface area (Å²) in [7, 11) is 0. The number of hydrogen-bond donors (Lipinski definition) is 0. The fraction of sp³-hybridized carbons (Fsp3) is 0. The van der Waals surface area contributed by atoms with Gasteiger partial charge in [-0.15, -0.1) is 0 Å². The molecule has 0 aliphatic rings. The minimum absolute atomic E-state index is 0.562. The number of fused-ring (bicyclic) bond motifs is 9. The van der Waals surface area contributed by atoms with Gasteiger partial charge in [0.05, 0.1) is 22.1 Å². The molecule has 6 heteroatoms. The van der Waals surface area contributed by atoms with E-state index >= 15 is 0 Å². The molecule has 0 amide bonds. The molecule has 4 heterocycles. The molecular formula is C63H39N5O. The molecule has 0 atom stereocenters. The molecule has 322 valence electrons. The Morgan fingerprint density at radius 3 is 1.48 bits per heavy atom. The predicted molar refractivity (Wildman–Crippen MR) is 283 cm³/mol. The minimum atomic E-state index is 0.562. The maximum atomic E-state index is 6.38. The van der Waals surface area contributed by atoms with Gasteiger partial charge in [-0.05, 0) is 101 Å². The van der Waals surface area contributed by atoms with Crippen LogP contribution in [0.15, 0.2) is 241 Å². The van der Waals surface area contributed by atoms with Crippen molar-refractivity contribution in [2.24, 2.45) is 0 Å². The highest BCUT2D eigenvalue weighted by Gasteiger charge is 2.19. The smallest absolute Gasteiger partial charge is 0.164 e. The summed E-state index contributed by atoms with van der Waals surface area (Å²) in [5.41, 5.74) is 15.5. The van der Waals surface area contributed by atoms with Gasteiger partial charge in [0.1, 0.15) is 11.2 Å². The van der Waals surface area contributed by atoms with Crippen molar-refractivity contribution in [2.75, 3.05) is 0 Å². The van der Waals surface area contributed by atoms with Gasteiger partial charge < -0.3 is 13.6 Å². The van der Waals surface area contributed by atoms with Crippen LogP contribution in [0.1, 0.15) is 0 Å². The van der Waals surface area contributed by atoms with Gasteiger partial charge in [0.25, 0.3) is 0 Å². The Hall–Kier alpha value is -9.39. The highest BCUT2D eigenvalue weighted by Crippen LogP contribution is 2.39. The molecule has 0 radical (unpaired) electrons. The van der Waals surface area contributed by atoms with Gasteiger partial charge in [-0.1, -0.05) is 158 Å². The van der Waals surface area contributed by atoms with Crippen LogP contribution in [0.25, 0.3) is 133 Å². The van der Waals surface area contributed by atoms with Gasteiger partial charge in [0.2, 0.25) is 0 Å². The molecule has 0 aliphatic carbocycles. The van der Waals surface area contributed by atoms with Gasteiger partial charge in [-0.25, -0.2) is 15.0 Å². The van der Waals surface area contributed by atoms with Gasteiger partial charge in [0, 0.05) is 60.4 Å². The van der Waals surface area contributed by atoms with E-state index in [1.807, 2.05) is 24.3 Å². The first-order valence-corrected chi connectivity index (χ1v) is 23.3. The van der Waals surface area contributed by atoms with Gasteiger partial charge in [0.15, 0.2) is 17.5 Å². The lowest BCUT2D eigenvalue weighted by Crippen LogP contribution is -2.01. The Morgan fingerprint density at radius 2 is 0.710 bits per heavy atom. The average Bonchev–Trinajstić information content (AvgIpc) is 4.08. The van der Waals surface area contributed by atoms with Crippen molar-refractivity contribution in [3.05, 3.63) is 237 Å². The average molecular weight is 882 g/mol. The van der Waals surface area contributed by atoms with Crippen LogP contribution in [0.5, 0.6) is 0 Å². The van der Waals surface area contributed by atoms with Crippen molar-refractivity contribution < 1.29 is 4.42 Å². The Labute approximate surface area is 396 Å². The zero-order valence-electron chi connectivity index (χ0n) is 37.2. The van der Waals surface area contributed by atoms with E-state index < -0.39 is 0 Å². The summed E-state index contributed by atoms with van der Waals surface area (Å²) in [4.78, 5) is 15.8. The maximum Gasteiger partial charge on any atom is 0.164 e. The minimum Gasteiger partial charge on any atom is -0.456 e. The predicted octanol–water partition coefficient (Wildman–Crippen LogP) is 16.3. The van der Waals surface area contributed by atoms with E-state index in [1.54, 1.807) is 0 Å². The normalized spacial score (nSPS) is 11.8. The molecule has 6 nitrogen and oxygen atoms in total. The van der Waals surface area contributed by atoms with Crippen LogP contribution in [0.3, 0.4) is 0 Å². The fourth-order valence-corrected chi connectivity index (χ4v) is 10.3. The van der Waals surface area contributed by atoms with Crippen molar-refractivity contribution in [2.45, 2.75) is 0 Å². The second kappa shape index (κ2) is 15.6. The zero-order chi connectivity index (χ0) is 45.4. The molecule has 10 aromatic carbocycles. The lowest BCUT2D eigenvalue weighted by Gasteiger charge is -2.12. The van der Waals surface area contributed by atoms with Crippen molar-refractivity contribution in [1.82, 2.24) is 24.1 Å². The number of rotatable bonds is 7. The zero-order valence-corrected chi connectivity index (χ0v) is 37.2. The van der Waals surface area contributed by atoms with Crippen LogP contribution in [-0.2, 0) is 0 Å². The van der Waals surface area contributed by atoms with Gasteiger partial charge in [-0.3, -0.25) is 0 Å². The monoisotopic (exact) mass is 881 g/mol. The molecule has 0 fully saturated rings. The molecule has 0 saturated carbocycles. The summed E-state index contributed by atoms with van der Waals surface area (Å²) in [6, 6.07) is 83.4. The molecule has 0 N–H and O–H groups in total. The third-order valence-electron chi connectivity index (χ3n) is 13.6. The number of hydrogen-bond acceptors (Lipinski definition) is 4. The molecule has 0 saturated heterocycles. The first-order chi connectivity index (χ1) is 34.2. The van der Waals surface area contributed by atoms with Crippen molar-refractivity contribution in [3.63, 3.8) is 0 Å². The molecule has 0 aliphatic heterocycles. The summed E-state index contributed by atoms with van der Waals surface area (Å²) in [6.07, 6.45) is 0. The first kappa shape index (κ1) is 38.8. The number of benzene rings is 10. The number of nitrogens with zero attached hydrogens (tertiary/aromatic N) is 5. The molecule has 0 unspecified atom stereocenters. The summed E-state index contributed by atoms with van der Waals surface area (Å²) in [5.74, 6) is 1.72. The van der Waals surface area contributed by atoms with Crippen molar-refractivity contribution in [1.29, 1.82) is 0 Å². The third kappa shape index (κ3) is 6.45. The second-order valence-corrected chi connectivity index (χ2v) is 17.6. The Morgan fingerprint density at radius 1 is 0.246 bits per heavy atom. The standard InChI is InChI=1S/C63H39N5O/c1-3-15-40(16-4-1)42-31-34-57-54(37-42)50-24-8-11-27-56(50)68(57)48-22-14-19-45(36-48)62-64-61(65-63(66-62)46-30-33-53-52-25-9-12-28-59(52)69-60(53)39-46)44-18-13-17-41(35-44)43-29-32-51-49-23-7-10-26-55(49)67(58(51)38-43)47-20-5-2-6-21-47/h1-39H. The van der Waals surface area contributed by atoms with Gasteiger partial charge >= 0.3 is 0 Å². The lowest BCUT2D eigenvalue weighted by atomic mass is 10.0. The van der Waals surface area contributed by atoms with Crippen molar-refractivity contribution >= 4 is 65.6 Å². The van der Waals surface area contributed by atoms with Crippen LogP contribution < -0.4 is 0 Å². The maximum absolute atomic E-state index is 6.38. The van der Waals surface area contributed by atoms with Crippen LogP contribution in [0.2, 0.25) is 0 Å². The highest BCUT2D eigenvalue weighted by atomic mass is 16.3. The summed E-state index contributed by atoms with van der Waals surface area (Å²) < 4.78 is 11.1. The highest BCUT2D eigenvalue weighted by molar-refractivity contribution is 6.12. The third-order valence-corrected chi connectivity index (χ3v) is 13.6. The molecule has 69 heavy (non-hydrogen) atoms. The summed E-state index contributed by atoms with van der Waals surface area (Å²) >= 11 is 0. The number of aromatic nitrogens is 5. The Balaban J connectivity index is 0.925. The first-order valence-electron chi connectivity index (χ1n) is 23.3. The van der Waals surface area contributed by atoms with Crippen LogP contribution in [-0.4, -0.2) is 24.1 Å². The topological polar surface area (TPSA) is 61.7 Å². The molecule has 0 spiro atoms. The molecule has 14 aromatic rings. The van der Waals surface area contributed by atoms with E-state index in [9.17, 15) is 0 Å². The van der Waals surface area contributed by atoms with E-state index in [0.717, 1.165) is 77.7 Å². The van der Waals surface area contributed by atoms with E-state index in [2.05, 4.69) is 221 Å². The van der Waals surface area contributed by atoms with E-state index in [1.165, 1.54) is 38.2 Å². The Kier molecular flexibility index (Phi) is 8.79. The Bertz CT molecular complexity index is 4320. The molecule has 14 rings (SSSR count). The van der Waals surface area contributed by atoms with E-state index in [4.69, 9.17) is 19.4 Å². The summed E-state index contributed by atoms with van der Waals surface area (Å²) in [6.45, 7) is 0. The van der Waals surface area contributed by atoms with Crippen LogP contribution in [0.4, 0.5) is 0 Å². The molecule has 0 bridgehead atoms. The van der Waals surface area contributed by atoms with E-state index in [-0.39, 0.29) is 0 Å². The summed E-state index contributed by atoms with van der Waals surface area (Å²) in [5, 5.41) is 6.96. The van der Waals surface area contributed by atoms with Crippen LogP contribution in [0, 0.1) is 0 Å². The SMILES string of the molecule is c1ccc(-c2ccc3c(c2)c2ccccc2n3-c2cccc(-c3nc(-c4cccc(-c5ccc6c7ccccc7n(-c7ccccc7)c6c5)c4)nc(-c4ccc5c(c4)oc4ccccc45)n3)c2)cc1. The number of para-hydroxylation sites is 4. The van der Waals surface area contributed by atoms with Gasteiger partial charge in [-0.2, -0.15) is 0 Å². The second-order valence-electron chi connectivity index (χ2n) is 17.6. The molecule has 4 aromatic heterocycles. The van der Waals surface area contributed by atoms with Crippen molar-refractivity contribution in [3.8, 4) is 67.8 Å². The fourth-order valence-electron chi connectivity index (χ4n) is 10.3. The van der Waals surface area contributed by atoms with E-state index in [0.29, 0.717) is 17.5 Å². The number of furan rings is 1. The largest absolute Gasteiger partial charge is 0.456 e. The lowest BCUT2D eigenvalue weighted by molar-refractivity contribution is 0.669. The van der Waals surface area contributed by atoms with Crippen LogP contribution >= 0.6 is 0 Å². The molecular weight excluding hydrogens is 843 g/mol.